The van der Waals surface area contributed by atoms with Crippen LogP contribution in [0.1, 0.15) is 19.4 Å². The van der Waals surface area contributed by atoms with Gasteiger partial charge in [-0.3, -0.25) is 0 Å². The summed E-state index contributed by atoms with van der Waals surface area (Å²) in [5.74, 6) is 1.79. The summed E-state index contributed by atoms with van der Waals surface area (Å²) in [6.45, 7) is 9.19. The van der Waals surface area contributed by atoms with Crippen molar-refractivity contribution in [3.8, 4) is 5.75 Å². The van der Waals surface area contributed by atoms with Crippen LogP contribution in [0.25, 0.3) is 11.0 Å². The molecule has 0 aliphatic carbocycles. The summed E-state index contributed by atoms with van der Waals surface area (Å²) in [6, 6.07) is 16.4. The minimum Gasteiger partial charge on any atom is -0.497 e. The number of fused-ring (bicyclic) bond motifs is 1. The minimum absolute atomic E-state index is 0. The van der Waals surface area contributed by atoms with E-state index in [2.05, 4.69) is 59.0 Å². The highest BCUT2D eigenvalue weighted by Gasteiger charge is 2.11. The van der Waals surface area contributed by atoms with Crippen LogP contribution in [0.4, 0.5) is 5.95 Å². The van der Waals surface area contributed by atoms with Crippen molar-refractivity contribution < 1.29 is 4.74 Å². The summed E-state index contributed by atoms with van der Waals surface area (Å²) in [5, 5.41) is 3.51. The van der Waals surface area contributed by atoms with Gasteiger partial charge in [0.2, 0.25) is 5.95 Å². The normalized spacial score (nSPS) is 10.4. The second-order valence-electron chi connectivity index (χ2n) is 6.31. The molecule has 0 radical (unpaired) electrons. The quantitative estimate of drug-likeness (QED) is 0.533. The van der Waals surface area contributed by atoms with Crippen LogP contribution in [0.2, 0.25) is 0 Å². The van der Waals surface area contributed by atoms with Crippen LogP contribution in [0.3, 0.4) is 0 Å². The van der Waals surface area contributed by atoms with Crippen molar-refractivity contribution in [2.75, 3.05) is 32.1 Å². The summed E-state index contributed by atoms with van der Waals surface area (Å²) in [6.07, 6.45) is 0. The molecule has 28 heavy (non-hydrogen) atoms. The Hall–Kier alpha value is -1.95. The number of methoxy groups -OCH3 is 1. The Morgan fingerprint density at radius 2 is 1.79 bits per heavy atom. The zero-order valence-corrected chi connectivity index (χ0v) is 18.4. The Morgan fingerprint density at radius 1 is 1.04 bits per heavy atom. The van der Waals surface area contributed by atoms with E-state index in [9.17, 15) is 0 Å². The molecule has 1 N–H and O–H groups in total. The molecule has 0 bridgehead atoms. The van der Waals surface area contributed by atoms with Crippen molar-refractivity contribution in [1.29, 1.82) is 0 Å². The number of hydrogen-bond acceptors (Lipinski definition) is 4. The van der Waals surface area contributed by atoms with Crippen molar-refractivity contribution in [2.45, 2.75) is 26.9 Å². The van der Waals surface area contributed by atoms with Crippen molar-refractivity contribution in [3.05, 3.63) is 54.1 Å². The third kappa shape index (κ3) is 5.77. The molecule has 0 atom stereocenters. The molecule has 1 heterocycles. The fourth-order valence-corrected chi connectivity index (χ4v) is 3.18. The number of benzene rings is 2. The number of anilines is 1. The summed E-state index contributed by atoms with van der Waals surface area (Å²) in [7, 11) is 1.69. The molecule has 0 fully saturated rings. The Balaban J connectivity index is 0.00000196. The molecule has 0 saturated heterocycles. The van der Waals surface area contributed by atoms with Crippen LogP contribution in [-0.2, 0) is 13.1 Å². The molecule has 3 rings (SSSR count). The second kappa shape index (κ2) is 11.8. The lowest BCUT2D eigenvalue weighted by molar-refractivity contribution is 0.292. The Labute approximate surface area is 179 Å². The van der Waals surface area contributed by atoms with Crippen molar-refractivity contribution in [3.63, 3.8) is 0 Å². The molecule has 0 saturated carbocycles. The summed E-state index contributed by atoms with van der Waals surface area (Å²) >= 11 is 0. The fourth-order valence-electron chi connectivity index (χ4n) is 3.18. The minimum atomic E-state index is 0. The van der Waals surface area contributed by atoms with Gasteiger partial charge >= 0.3 is 0 Å². The first kappa shape index (κ1) is 24.1. The van der Waals surface area contributed by atoms with Gasteiger partial charge in [-0.2, -0.15) is 0 Å². The predicted molar refractivity (Wildman–Crippen MR) is 122 cm³/mol. The van der Waals surface area contributed by atoms with Crippen molar-refractivity contribution >= 4 is 41.8 Å². The third-order valence-corrected chi connectivity index (χ3v) is 4.77. The molecule has 154 valence electrons. The van der Waals surface area contributed by atoms with E-state index >= 15 is 0 Å². The molecule has 0 amide bonds. The largest absolute Gasteiger partial charge is 0.497 e. The first-order valence-electron chi connectivity index (χ1n) is 9.29. The number of nitrogens with zero attached hydrogens (tertiary/aromatic N) is 3. The zero-order chi connectivity index (χ0) is 18.4. The SMILES string of the molecule is CCN(CC)CCn1c(NCc2cccc(OC)c2)nc2ccccc21.Cl.Cl. The molecule has 5 nitrogen and oxygen atoms in total. The maximum atomic E-state index is 5.31. The van der Waals surface area contributed by atoms with E-state index in [-0.39, 0.29) is 24.8 Å². The number of para-hydroxylation sites is 2. The Kier molecular flexibility index (Phi) is 10.1. The van der Waals surface area contributed by atoms with Gasteiger partial charge in [-0.05, 0) is 42.9 Å². The van der Waals surface area contributed by atoms with Crippen LogP contribution < -0.4 is 10.1 Å². The van der Waals surface area contributed by atoms with E-state index in [1.165, 1.54) is 11.1 Å². The lowest BCUT2D eigenvalue weighted by Crippen LogP contribution is -2.27. The highest BCUT2D eigenvalue weighted by atomic mass is 35.5. The van der Waals surface area contributed by atoms with Crippen LogP contribution >= 0.6 is 24.8 Å². The molecule has 0 spiro atoms. The van der Waals surface area contributed by atoms with Crippen LogP contribution in [0.5, 0.6) is 5.75 Å². The molecule has 2 aromatic carbocycles. The molecular weight excluding hydrogens is 395 g/mol. The highest BCUT2D eigenvalue weighted by Crippen LogP contribution is 2.21. The van der Waals surface area contributed by atoms with Gasteiger partial charge in [0.05, 0.1) is 18.1 Å². The maximum absolute atomic E-state index is 5.31. The van der Waals surface area contributed by atoms with Crippen molar-refractivity contribution in [2.24, 2.45) is 0 Å². The van der Waals surface area contributed by atoms with E-state index in [1.807, 2.05) is 18.2 Å². The number of halogens is 2. The first-order valence-corrected chi connectivity index (χ1v) is 9.29. The zero-order valence-electron chi connectivity index (χ0n) is 16.7. The smallest absolute Gasteiger partial charge is 0.204 e. The molecule has 0 aliphatic rings. The van der Waals surface area contributed by atoms with Gasteiger partial charge in [0.1, 0.15) is 5.75 Å². The fraction of sp³-hybridized carbons (Fsp3) is 0.381. The van der Waals surface area contributed by atoms with Gasteiger partial charge in [-0.15, -0.1) is 24.8 Å². The number of hydrogen-bond donors (Lipinski definition) is 1. The van der Waals surface area contributed by atoms with Gasteiger partial charge in [0, 0.05) is 19.6 Å². The van der Waals surface area contributed by atoms with Crippen LogP contribution in [0, 0.1) is 0 Å². The Bertz CT molecular complexity index is 849. The predicted octanol–water partition coefficient (Wildman–Crippen LogP) is 4.84. The second-order valence-corrected chi connectivity index (χ2v) is 6.31. The molecular formula is C21H30Cl2N4O. The first-order chi connectivity index (χ1) is 12.7. The third-order valence-electron chi connectivity index (χ3n) is 4.77. The van der Waals surface area contributed by atoms with E-state index in [0.29, 0.717) is 6.54 Å². The van der Waals surface area contributed by atoms with Crippen LogP contribution in [0.15, 0.2) is 48.5 Å². The topological polar surface area (TPSA) is 42.3 Å². The molecule has 0 unspecified atom stereocenters. The number of ether oxygens (including phenoxy) is 1. The molecule has 3 aromatic rings. The monoisotopic (exact) mass is 424 g/mol. The van der Waals surface area contributed by atoms with Gasteiger partial charge in [-0.1, -0.05) is 38.1 Å². The number of likely N-dealkylation sites (N-methyl/N-ethyl adjacent to an activating group) is 1. The lowest BCUT2D eigenvalue weighted by atomic mass is 10.2. The van der Waals surface area contributed by atoms with Crippen LogP contribution in [-0.4, -0.2) is 41.2 Å². The van der Waals surface area contributed by atoms with Gasteiger partial charge < -0.3 is 19.5 Å². The lowest BCUT2D eigenvalue weighted by Gasteiger charge is -2.19. The standard InChI is InChI=1S/C21H28N4O.2ClH/c1-4-24(5-2)13-14-25-20-12-7-6-11-19(20)23-21(25)22-16-17-9-8-10-18(15-17)26-3;;/h6-12,15H,4-5,13-14,16H2,1-3H3,(H,22,23);2*1H. The van der Waals surface area contributed by atoms with Crippen molar-refractivity contribution in [1.82, 2.24) is 14.5 Å². The van der Waals surface area contributed by atoms with E-state index < -0.39 is 0 Å². The number of imidazole rings is 1. The maximum Gasteiger partial charge on any atom is 0.204 e. The molecule has 1 aromatic heterocycles. The number of rotatable bonds is 9. The number of nitrogens with one attached hydrogen (secondary N) is 1. The highest BCUT2D eigenvalue weighted by molar-refractivity contribution is 5.85. The average Bonchev–Trinajstić information content (AvgIpc) is 3.05. The van der Waals surface area contributed by atoms with Gasteiger partial charge in [0.25, 0.3) is 0 Å². The van der Waals surface area contributed by atoms with Gasteiger partial charge in [-0.25, -0.2) is 4.98 Å². The summed E-state index contributed by atoms with van der Waals surface area (Å²) < 4.78 is 7.60. The van der Waals surface area contributed by atoms with E-state index in [1.54, 1.807) is 7.11 Å². The summed E-state index contributed by atoms with van der Waals surface area (Å²) in [4.78, 5) is 7.23. The van der Waals surface area contributed by atoms with Gasteiger partial charge in [0.15, 0.2) is 0 Å². The average molecular weight is 425 g/mol. The molecule has 0 aliphatic heterocycles. The molecule has 7 heteroatoms. The van der Waals surface area contributed by atoms with E-state index in [4.69, 9.17) is 9.72 Å². The number of aromatic nitrogens is 2. The van der Waals surface area contributed by atoms with E-state index in [0.717, 1.165) is 43.4 Å². The Morgan fingerprint density at radius 3 is 2.50 bits per heavy atom. The summed E-state index contributed by atoms with van der Waals surface area (Å²) in [5.41, 5.74) is 3.37.